The van der Waals surface area contributed by atoms with Gasteiger partial charge in [-0.25, -0.2) is 0 Å². The highest BCUT2D eigenvalue weighted by Crippen LogP contribution is 2.26. The van der Waals surface area contributed by atoms with E-state index < -0.39 is 0 Å². The van der Waals surface area contributed by atoms with Gasteiger partial charge in [-0.05, 0) is 38.7 Å². The quantitative estimate of drug-likeness (QED) is 0.913. The molecule has 2 rings (SSSR count). The molecule has 1 amide bonds. The third-order valence-corrected chi connectivity index (χ3v) is 3.55. The van der Waals surface area contributed by atoms with E-state index in [1.54, 1.807) is 0 Å². The highest BCUT2D eigenvalue weighted by Gasteiger charge is 2.34. The Morgan fingerprint density at radius 1 is 1.42 bits per heavy atom. The summed E-state index contributed by atoms with van der Waals surface area (Å²) in [5, 5.41) is 3.97. The number of rotatable bonds is 4. The summed E-state index contributed by atoms with van der Waals surface area (Å²) < 4.78 is 0. The predicted molar refractivity (Wildman–Crippen MR) is 77.1 cm³/mol. The lowest BCUT2D eigenvalue weighted by Crippen LogP contribution is -2.43. The molecule has 1 aliphatic heterocycles. The van der Waals surface area contributed by atoms with Gasteiger partial charge in [-0.2, -0.15) is 0 Å². The van der Waals surface area contributed by atoms with E-state index in [0.717, 1.165) is 12.1 Å². The monoisotopic (exact) mass is 281 g/mol. The van der Waals surface area contributed by atoms with E-state index in [2.05, 4.69) is 17.1 Å². The topological polar surface area (TPSA) is 35.6 Å². The molecule has 1 N–H and O–H groups in total. The molecule has 0 radical (unpaired) electrons. The number of benzene rings is 1. The molecule has 0 saturated carbocycles. The normalized spacial score (nSPS) is 21.2. The molecule has 1 aliphatic rings. The maximum absolute atomic E-state index is 12.1. The van der Waals surface area contributed by atoms with Crippen LogP contribution in [-0.2, 0) is 4.79 Å². The fraction of sp³-hybridized carbons (Fsp3) is 0.500. The summed E-state index contributed by atoms with van der Waals surface area (Å²) in [6.45, 7) is 3.32. The molecule has 0 aromatic heterocycles. The van der Waals surface area contributed by atoms with Crippen molar-refractivity contribution in [2.75, 3.05) is 27.2 Å². The van der Waals surface area contributed by atoms with Crippen LogP contribution >= 0.6 is 11.6 Å². The van der Waals surface area contributed by atoms with Crippen molar-refractivity contribution in [2.45, 2.75) is 19.1 Å². The smallest absolute Gasteiger partial charge is 0.238 e. The van der Waals surface area contributed by atoms with Gasteiger partial charge in [-0.1, -0.05) is 23.7 Å². The number of likely N-dealkylation sites (N-methyl/N-ethyl adjacent to an activating group) is 1. The molecular weight excluding hydrogens is 262 g/mol. The third kappa shape index (κ3) is 3.26. The maximum atomic E-state index is 12.1. The zero-order chi connectivity index (χ0) is 14.0. The van der Waals surface area contributed by atoms with E-state index in [9.17, 15) is 4.79 Å². The molecule has 1 fully saturated rings. The predicted octanol–water partition coefficient (Wildman–Crippen LogP) is 1.72. The van der Waals surface area contributed by atoms with Crippen molar-refractivity contribution in [2.24, 2.45) is 0 Å². The van der Waals surface area contributed by atoms with E-state index in [1.165, 1.54) is 0 Å². The first-order valence-corrected chi connectivity index (χ1v) is 6.81. The molecule has 2 unspecified atom stereocenters. The molecule has 1 saturated heterocycles. The van der Waals surface area contributed by atoms with E-state index in [0.29, 0.717) is 11.6 Å². The largest absolute Gasteiger partial charge is 0.318 e. The van der Waals surface area contributed by atoms with Crippen LogP contribution in [-0.4, -0.2) is 48.9 Å². The number of amides is 1. The van der Waals surface area contributed by atoms with Crippen LogP contribution in [0.3, 0.4) is 0 Å². The zero-order valence-electron chi connectivity index (χ0n) is 11.6. The first-order chi connectivity index (χ1) is 8.99. The molecule has 1 heterocycles. The van der Waals surface area contributed by atoms with E-state index in [-0.39, 0.29) is 18.1 Å². The van der Waals surface area contributed by atoms with Crippen LogP contribution in [0.5, 0.6) is 0 Å². The molecule has 2 atom stereocenters. The number of hydrogen-bond donors (Lipinski definition) is 1. The SMILES string of the molecule is CC(CN(C)C)N1C(=O)CNC1c1ccc(Cl)cc1. The van der Waals surface area contributed by atoms with Gasteiger partial charge in [0.15, 0.2) is 0 Å². The van der Waals surface area contributed by atoms with Crippen molar-refractivity contribution in [1.29, 1.82) is 0 Å². The number of carbonyl (C=O) groups excluding carboxylic acids is 1. The minimum Gasteiger partial charge on any atom is -0.318 e. The summed E-state index contributed by atoms with van der Waals surface area (Å²) in [5.74, 6) is 0.147. The lowest BCUT2D eigenvalue weighted by atomic mass is 10.1. The average molecular weight is 282 g/mol. The van der Waals surface area contributed by atoms with Crippen LogP contribution in [0.1, 0.15) is 18.7 Å². The third-order valence-electron chi connectivity index (χ3n) is 3.30. The number of hydrogen-bond acceptors (Lipinski definition) is 3. The lowest BCUT2D eigenvalue weighted by Gasteiger charge is -2.32. The molecule has 4 nitrogen and oxygen atoms in total. The van der Waals surface area contributed by atoms with Crippen molar-refractivity contribution in [3.8, 4) is 0 Å². The molecule has 0 aliphatic carbocycles. The van der Waals surface area contributed by atoms with Gasteiger partial charge in [0.2, 0.25) is 5.91 Å². The molecule has 0 bridgehead atoms. The van der Waals surface area contributed by atoms with Gasteiger partial charge in [0.1, 0.15) is 6.17 Å². The van der Waals surface area contributed by atoms with E-state index >= 15 is 0 Å². The van der Waals surface area contributed by atoms with Crippen LogP contribution in [0.15, 0.2) is 24.3 Å². The summed E-state index contributed by atoms with van der Waals surface area (Å²) in [4.78, 5) is 16.1. The van der Waals surface area contributed by atoms with Gasteiger partial charge in [0, 0.05) is 17.6 Å². The average Bonchev–Trinajstić information content (AvgIpc) is 2.71. The summed E-state index contributed by atoms with van der Waals surface area (Å²) in [6, 6.07) is 7.81. The van der Waals surface area contributed by atoms with Gasteiger partial charge < -0.3 is 9.80 Å². The fourth-order valence-electron chi connectivity index (χ4n) is 2.56. The fourth-order valence-corrected chi connectivity index (χ4v) is 2.68. The summed E-state index contributed by atoms with van der Waals surface area (Å²) in [7, 11) is 4.03. The molecule has 0 spiro atoms. The second kappa shape index (κ2) is 5.90. The first-order valence-electron chi connectivity index (χ1n) is 6.44. The number of halogens is 1. The standard InChI is InChI=1S/C14H20ClN3O/c1-10(9-17(2)3)18-13(19)8-16-14(18)11-4-6-12(15)7-5-11/h4-7,10,14,16H,8-9H2,1-3H3. The summed E-state index contributed by atoms with van der Waals surface area (Å²) >= 11 is 5.91. The number of carbonyl (C=O) groups is 1. The Bertz CT molecular complexity index is 447. The molecule has 104 valence electrons. The van der Waals surface area contributed by atoms with Gasteiger partial charge in [-0.3, -0.25) is 10.1 Å². The second-order valence-corrected chi connectivity index (χ2v) is 5.68. The summed E-state index contributed by atoms with van der Waals surface area (Å²) in [5.41, 5.74) is 1.07. The van der Waals surface area contributed by atoms with Gasteiger partial charge in [0.25, 0.3) is 0 Å². The van der Waals surface area contributed by atoms with Crippen LogP contribution in [0.4, 0.5) is 0 Å². The van der Waals surface area contributed by atoms with Crippen molar-refractivity contribution in [3.63, 3.8) is 0 Å². The molecule has 1 aromatic rings. The molecule has 1 aromatic carbocycles. The Kier molecular flexibility index (Phi) is 4.45. The molecular formula is C14H20ClN3O. The number of nitrogens with zero attached hydrogens (tertiary/aromatic N) is 2. The highest BCUT2D eigenvalue weighted by atomic mass is 35.5. The van der Waals surface area contributed by atoms with Gasteiger partial charge in [-0.15, -0.1) is 0 Å². The Morgan fingerprint density at radius 2 is 2.05 bits per heavy atom. The summed E-state index contributed by atoms with van der Waals surface area (Å²) in [6.07, 6.45) is -0.0558. The lowest BCUT2D eigenvalue weighted by molar-refractivity contribution is -0.130. The molecule has 19 heavy (non-hydrogen) atoms. The van der Waals surface area contributed by atoms with Crippen LogP contribution in [0, 0.1) is 0 Å². The van der Waals surface area contributed by atoms with Gasteiger partial charge in [0.05, 0.1) is 6.54 Å². The first kappa shape index (κ1) is 14.3. The van der Waals surface area contributed by atoms with Crippen LogP contribution < -0.4 is 5.32 Å². The number of nitrogens with one attached hydrogen (secondary N) is 1. The maximum Gasteiger partial charge on any atom is 0.238 e. The van der Waals surface area contributed by atoms with Crippen LogP contribution in [0.2, 0.25) is 5.02 Å². The minimum absolute atomic E-state index is 0.0558. The van der Waals surface area contributed by atoms with Crippen LogP contribution in [0.25, 0.3) is 0 Å². The molecule has 5 heteroatoms. The van der Waals surface area contributed by atoms with E-state index in [1.807, 2.05) is 43.3 Å². The van der Waals surface area contributed by atoms with Crippen molar-refractivity contribution in [3.05, 3.63) is 34.9 Å². The minimum atomic E-state index is -0.0558. The Hall–Kier alpha value is -1.10. The van der Waals surface area contributed by atoms with Gasteiger partial charge >= 0.3 is 0 Å². The van der Waals surface area contributed by atoms with E-state index in [4.69, 9.17) is 11.6 Å². The Balaban J connectivity index is 2.19. The Labute approximate surface area is 119 Å². The van der Waals surface area contributed by atoms with Crippen molar-refractivity contribution in [1.82, 2.24) is 15.1 Å². The highest BCUT2D eigenvalue weighted by molar-refractivity contribution is 6.30. The zero-order valence-corrected chi connectivity index (χ0v) is 12.3. The van der Waals surface area contributed by atoms with Crippen molar-refractivity contribution >= 4 is 17.5 Å². The van der Waals surface area contributed by atoms with Crippen molar-refractivity contribution < 1.29 is 4.79 Å². The Morgan fingerprint density at radius 3 is 2.63 bits per heavy atom. The second-order valence-electron chi connectivity index (χ2n) is 5.25.